The van der Waals surface area contributed by atoms with E-state index in [9.17, 15) is 0 Å². The van der Waals surface area contributed by atoms with Crippen molar-refractivity contribution in [3.05, 3.63) is 29.3 Å². The van der Waals surface area contributed by atoms with Crippen molar-refractivity contribution < 1.29 is 4.74 Å². The molecule has 1 fully saturated rings. The lowest BCUT2D eigenvalue weighted by Crippen LogP contribution is -2.51. The van der Waals surface area contributed by atoms with Crippen LogP contribution in [0.3, 0.4) is 0 Å². The van der Waals surface area contributed by atoms with Crippen LogP contribution in [0.15, 0.2) is 18.2 Å². The fourth-order valence-corrected chi connectivity index (χ4v) is 4.93. The first-order valence-corrected chi connectivity index (χ1v) is 8.18. The Kier molecular flexibility index (Phi) is 3.10. The molecule has 2 atom stereocenters. The van der Waals surface area contributed by atoms with Gasteiger partial charge in [-0.05, 0) is 30.6 Å². The number of benzene rings is 1. The summed E-state index contributed by atoms with van der Waals surface area (Å²) in [7, 11) is 0. The molecule has 2 heterocycles. The number of hydrogen-bond acceptors (Lipinski definition) is 3. The van der Waals surface area contributed by atoms with E-state index in [1.165, 1.54) is 16.9 Å². The summed E-state index contributed by atoms with van der Waals surface area (Å²) in [6, 6.07) is 6.50. The number of rotatable bonds is 0. The Morgan fingerprint density at radius 1 is 1.32 bits per heavy atom. The van der Waals surface area contributed by atoms with Gasteiger partial charge < -0.3 is 10.5 Å². The summed E-state index contributed by atoms with van der Waals surface area (Å²) in [5.74, 6) is 3.29. The molecule has 3 rings (SSSR count). The molecule has 0 aliphatic carbocycles. The van der Waals surface area contributed by atoms with Gasteiger partial charge in [0.25, 0.3) is 0 Å². The summed E-state index contributed by atoms with van der Waals surface area (Å²) in [6.45, 7) is 6.78. The highest BCUT2D eigenvalue weighted by Crippen LogP contribution is 2.49. The van der Waals surface area contributed by atoms with Crippen LogP contribution in [0.4, 0.5) is 0 Å². The molecule has 1 aromatic carbocycles. The molecule has 2 aliphatic rings. The quantitative estimate of drug-likeness (QED) is 0.785. The third-order valence-corrected chi connectivity index (χ3v) is 5.86. The van der Waals surface area contributed by atoms with Crippen LogP contribution >= 0.6 is 11.8 Å². The first-order chi connectivity index (χ1) is 8.89. The first-order valence-electron chi connectivity index (χ1n) is 7.02. The van der Waals surface area contributed by atoms with Crippen LogP contribution in [0, 0.1) is 12.3 Å². The molecule has 104 valence electrons. The topological polar surface area (TPSA) is 35.2 Å². The Morgan fingerprint density at radius 2 is 2.11 bits per heavy atom. The number of aryl methyl sites for hydroxylation is 1. The van der Waals surface area contributed by atoms with Crippen molar-refractivity contribution in [1.29, 1.82) is 0 Å². The Hall–Kier alpha value is -0.670. The average molecular weight is 277 g/mol. The molecule has 0 amide bonds. The van der Waals surface area contributed by atoms with E-state index < -0.39 is 0 Å². The summed E-state index contributed by atoms with van der Waals surface area (Å²) in [6.07, 6.45) is 2.05. The highest BCUT2D eigenvalue weighted by Gasteiger charge is 2.46. The fourth-order valence-electron chi connectivity index (χ4n) is 3.52. The third-order valence-electron chi connectivity index (χ3n) is 4.14. The molecule has 2 nitrogen and oxygen atoms in total. The molecule has 0 saturated carbocycles. The van der Waals surface area contributed by atoms with E-state index in [-0.39, 0.29) is 11.6 Å². The van der Waals surface area contributed by atoms with Gasteiger partial charge in [-0.2, -0.15) is 11.8 Å². The zero-order valence-corrected chi connectivity index (χ0v) is 12.8. The number of hydrogen-bond donors (Lipinski definition) is 1. The second-order valence-corrected chi connectivity index (χ2v) is 7.96. The summed E-state index contributed by atoms with van der Waals surface area (Å²) in [5, 5.41) is 0. The SMILES string of the molecule is Cc1ccc2c(c1)[C@@H](N)CC1(CSCC(C)(C)C1)O2. The maximum Gasteiger partial charge on any atom is 0.124 e. The van der Waals surface area contributed by atoms with Gasteiger partial charge in [0.2, 0.25) is 0 Å². The van der Waals surface area contributed by atoms with E-state index in [1.54, 1.807) is 0 Å². The summed E-state index contributed by atoms with van der Waals surface area (Å²) in [4.78, 5) is 0. The number of thioether (sulfide) groups is 1. The molecule has 1 aromatic rings. The predicted molar refractivity (Wildman–Crippen MR) is 81.8 cm³/mol. The van der Waals surface area contributed by atoms with E-state index in [0.717, 1.165) is 24.3 Å². The van der Waals surface area contributed by atoms with Crippen LogP contribution in [-0.4, -0.2) is 17.1 Å². The van der Waals surface area contributed by atoms with Crippen molar-refractivity contribution in [1.82, 2.24) is 0 Å². The normalized spacial score (nSPS) is 32.7. The number of ether oxygens (including phenoxy) is 1. The second-order valence-electron chi connectivity index (χ2n) is 6.97. The first kappa shape index (κ1) is 13.3. The minimum absolute atomic E-state index is 0.0614. The van der Waals surface area contributed by atoms with E-state index in [2.05, 4.69) is 39.0 Å². The standard InChI is InChI=1S/C16H23NOS/c1-11-4-5-14-12(6-11)13(17)7-16(18-14)8-15(2,3)9-19-10-16/h4-6,13H,7-10,17H2,1-3H3/t13-,16?/m0/s1. The predicted octanol–water partition coefficient (Wildman–Crippen LogP) is 3.68. The Labute approximate surface area is 120 Å². The van der Waals surface area contributed by atoms with Crippen molar-refractivity contribution in [2.75, 3.05) is 11.5 Å². The van der Waals surface area contributed by atoms with Crippen molar-refractivity contribution in [2.24, 2.45) is 11.1 Å². The zero-order chi connectivity index (χ0) is 13.7. The van der Waals surface area contributed by atoms with Gasteiger partial charge in [0, 0.05) is 23.8 Å². The molecule has 0 bridgehead atoms. The van der Waals surface area contributed by atoms with Crippen LogP contribution in [0.5, 0.6) is 5.75 Å². The molecule has 2 aliphatic heterocycles. The van der Waals surface area contributed by atoms with Crippen LogP contribution < -0.4 is 10.5 Å². The summed E-state index contributed by atoms with van der Waals surface area (Å²) in [5.41, 5.74) is 9.13. The summed E-state index contributed by atoms with van der Waals surface area (Å²) >= 11 is 2.01. The van der Waals surface area contributed by atoms with Crippen molar-refractivity contribution >= 4 is 11.8 Å². The molecule has 0 radical (unpaired) electrons. The lowest BCUT2D eigenvalue weighted by Gasteiger charge is -2.48. The molecular formula is C16H23NOS. The number of fused-ring (bicyclic) bond motifs is 1. The highest BCUT2D eigenvalue weighted by molar-refractivity contribution is 7.99. The van der Waals surface area contributed by atoms with E-state index >= 15 is 0 Å². The molecule has 0 aromatic heterocycles. The van der Waals surface area contributed by atoms with Crippen LogP contribution in [-0.2, 0) is 0 Å². The van der Waals surface area contributed by atoms with Gasteiger partial charge in [-0.15, -0.1) is 0 Å². The lowest BCUT2D eigenvalue weighted by molar-refractivity contribution is 0.0166. The van der Waals surface area contributed by atoms with Gasteiger partial charge in [-0.3, -0.25) is 0 Å². The van der Waals surface area contributed by atoms with Gasteiger partial charge in [0.15, 0.2) is 0 Å². The highest BCUT2D eigenvalue weighted by atomic mass is 32.2. The Balaban J connectivity index is 1.94. The lowest BCUT2D eigenvalue weighted by atomic mass is 9.76. The van der Waals surface area contributed by atoms with Crippen LogP contribution in [0.25, 0.3) is 0 Å². The van der Waals surface area contributed by atoms with Crippen molar-refractivity contribution in [3.8, 4) is 5.75 Å². The largest absolute Gasteiger partial charge is 0.486 e. The third kappa shape index (κ3) is 2.50. The van der Waals surface area contributed by atoms with Gasteiger partial charge in [-0.25, -0.2) is 0 Å². The molecular weight excluding hydrogens is 254 g/mol. The Bertz CT molecular complexity index is 500. The molecule has 1 spiro atoms. The van der Waals surface area contributed by atoms with Gasteiger partial charge in [0.1, 0.15) is 11.4 Å². The molecule has 3 heteroatoms. The monoisotopic (exact) mass is 277 g/mol. The second kappa shape index (κ2) is 4.42. The molecule has 19 heavy (non-hydrogen) atoms. The fraction of sp³-hybridized carbons (Fsp3) is 0.625. The maximum absolute atomic E-state index is 6.42. The number of nitrogens with two attached hydrogens (primary N) is 1. The van der Waals surface area contributed by atoms with Gasteiger partial charge in [0.05, 0.1) is 0 Å². The average Bonchev–Trinajstić information content (AvgIpc) is 2.29. The van der Waals surface area contributed by atoms with E-state index in [4.69, 9.17) is 10.5 Å². The van der Waals surface area contributed by atoms with Crippen LogP contribution in [0.1, 0.15) is 43.9 Å². The van der Waals surface area contributed by atoms with Crippen molar-refractivity contribution in [2.45, 2.75) is 45.3 Å². The maximum atomic E-state index is 6.42. The zero-order valence-electron chi connectivity index (χ0n) is 12.0. The summed E-state index contributed by atoms with van der Waals surface area (Å²) < 4.78 is 6.42. The molecule has 2 N–H and O–H groups in total. The minimum atomic E-state index is -0.0614. The smallest absolute Gasteiger partial charge is 0.124 e. The van der Waals surface area contributed by atoms with Crippen LogP contribution in [0.2, 0.25) is 0 Å². The molecule has 1 unspecified atom stereocenters. The van der Waals surface area contributed by atoms with Gasteiger partial charge in [-0.1, -0.05) is 31.5 Å². The Morgan fingerprint density at radius 3 is 2.84 bits per heavy atom. The van der Waals surface area contributed by atoms with E-state index in [1.807, 2.05) is 11.8 Å². The minimum Gasteiger partial charge on any atom is -0.486 e. The van der Waals surface area contributed by atoms with Crippen molar-refractivity contribution in [3.63, 3.8) is 0 Å². The molecule has 1 saturated heterocycles. The van der Waals surface area contributed by atoms with E-state index in [0.29, 0.717) is 5.41 Å². The van der Waals surface area contributed by atoms with Gasteiger partial charge >= 0.3 is 0 Å².